The summed E-state index contributed by atoms with van der Waals surface area (Å²) in [6, 6.07) is 2.80. The molecule has 5 nitrogen and oxygen atoms in total. The van der Waals surface area contributed by atoms with Crippen LogP contribution in [0.3, 0.4) is 0 Å². The zero-order chi connectivity index (χ0) is 11.5. The summed E-state index contributed by atoms with van der Waals surface area (Å²) in [5, 5.41) is 10.0. The Balaban J connectivity index is 2.65. The van der Waals surface area contributed by atoms with E-state index in [4.69, 9.17) is 5.73 Å². The van der Waals surface area contributed by atoms with Gasteiger partial charge in [0.2, 0.25) is 5.91 Å². The summed E-state index contributed by atoms with van der Waals surface area (Å²) in [6.07, 6.45) is 1.54. The van der Waals surface area contributed by atoms with Gasteiger partial charge in [-0.3, -0.25) is 4.79 Å². The summed E-state index contributed by atoms with van der Waals surface area (Å²) < 4.78 is 0. The van der Waals surface area contributed by atoms with Gasteiger partial charge in [-0.05, 0) is 17.5 Å². The van der Waals surface area contributed by atoms with Crippen LogP contribution in [0.5, 0.6) is 0 Å². The van der Waals surface area contributed by atoms with Crippen molar-refractivity contribution in [2.24, 2.45) is 11.1 Å². The van der Waals surface area contributed by atoms with E-state index in [1.165, 1.54) is 0 Å². The molecule has 0 radical (unpaired) electrons. The average Bonchev–Trinajstić information content (AvgIpc) is 2.16. The number of hydrogen-bond acceptors (Lipinski definition) is 4. The van der Waals surface area contributed by atoms with E-state index in [9.17, 15) is 4.79 Å². The number of nitrogens with one attached hydrogen (secondary N) is 1. The van der Waals surface area contributed by atoms with Gasteiger partial charge in [-0.2, -0.15) is 5.10 Å². The smallest absolute Gasteiger partial charge is 0.243 e. The fraction of sp³-hybridized carbons (Fsp3) is 0.500. The molecular weight excluding hydrogens is 192 g/mol. The van der Waals surface area contributed by atoms with Gasteiger partial charge in [0.1, 0.15) is 0 Å². The highest BCUT2D eigenvalue weighted by Crippen LogP contribution is 2.18. The molecule has 1 rings (SSSR count). The van der Waals surface area contributed by atoms with Crippen LogP contribution in [0.4, 0.5) is 5.82 Å². The Morgan fingerprint density at radius 3 is 2.67 bits per heavy atom. The van der Waals surface area contributed by atoms with E-state index in [0.717, 1.165) is 0 Å². The van der Waals surface area contributed by atoms with Gasteiger partial charge in [0.25, 0.3) is 0 Å². The number of nitrogens with zero attached hydrogens (tertiary/aromatic N) is 2. The molecule has 0 aliphatic rings. The molecule has 0 bridgehead atoms. The third-order valence-electron chi connectivity index (χ3n) is 2.04. The minimum atomic E-state index is -0.570. The predicted octanol–water partition coefficient (Wildman–Crippen LogP) is 0.788. The lowest BCUT2D eigenvalue weighted by molar-refractivity contribution is -0.119. The van der Waals surface area contributed by atoms with E-state index in [2.05, 4.69) is 15.5 Å². The van der Waals surface area contributed by atoms with Crippen LogP contribution in [0, 0.1) is 5.41 Å². The number of carbonyl (C=O) groups is 1. The molecule has 1 amide bonds. The lowest BCUT2D eigenvalue weighted by Gasteiger charge is -2.25. The summed E-state index contributed by atoms with van der Waals surface area (Å²) in [5.74, 6) is 0.171. The molecule has 1 aromatic heterocycles. The van der Waals surface area contributed by atoms with E-state index in [0.29, 0.717) is 5.82 Å². The molecule has 0 aliphatic carbocycles. The van der Waals surface area contributed by atoms with Crippen LogP contribution < -0.4 is 11.1 Å². The Morgan fingerprint density at radius 2 is 2.20 bits per heavy atom. The van der Waals surface area contributed by atoms with Crippen molar-refractivity contribution in [3.63, 3.8) is 0 Å². The summed E-state index contributed by atoms with van der Waals surface area (Å²) in [4.78, 5) is 11.7. The largest absolute Gasteiger partial charge is 0.319 e. The van der Waals surface area contributed by atoms with Crippen LogP contribution in [0.1, 0.15) is 20.8 Å². The molecule has 0 saturated carbocycles. The summed E-state index contributed by atoms with van der Waals surface area (Å²) in [6.45, 7) is 5.73. The van der Waals surface area contributed by atoms with E-state index >= 15 is 0 Å². The van der Waals surface area contributed by atoms with Gasteiger partial charge in [0, 0.05) is 6.20 Å². The maximum atomic E-state index is 11.7. The third kappa shape index (κ3) is 3.28. The first-order chi connectivity index (χ1) is 6.91. The van der Waals surface area contributed by atoms with Gasteiger partial charge in [-0.15, -0.1) is 5.10 Å². The van der Waals surface area contributed by atoms with Crippen molar-refractivity contribution in [3.8, 4) is 0 Å². The maximum absolute atomic E-state index is 11.7. The molecule has 5 heteroatoms. The normalized spacial score (nSPS) is 13.3. The molecule has 1 aromatic rings. The average molecular weight is 208 g/mol. The first-order valence-corrected chi connectivity index (χ1v) is 4.75. The molecule has 0 aromatic carbocycles. The molecule has 0 spiro atoms. The molecule has 3 N–H and O–H groups in total. The molecule has 0 saturated heterocycles. The van der Waals surface area contributed by atoms with Crippen molar-refractivity contribution >= 4 is 11.7 Å². The van der Waals surface area contributed by atoms with E-state index in [-0.39, 0.29) is 11.3 Å². The predicted molar refractivity (Wildman–Crippen MR) is 58.1 cm³/mol. The zero-order valence-corrected chi connectivity index (χ0v) is 9.19. The number of nitrogens with two attached hydrogens (primary N) is 1. The topological polar surface area (TPSA) is 80.9 Å². The van der Waals surface area contributed by atoms with Gasteiger partial charge >= 0.3 is 0 Å². The second-order valence-electron chi connectivity index (χ2n) is 4.44. The molecule has 15 heavy (non-hydrogen) atoms. The van der Waals surface area contributed by atoms with Gasteiger partial charge in [0.05, 0.1) is 6.04 Å². The highest BCUT2D eigenvalue weighted by molar-refractivity contribution is 5.94. The number of amides is 1. The van der Waals surface area contributed by atoms with Crippen LogP contribution in [-0.4, -0.2) is 22.1 Å². The SMILES string of the molecule is CC(C)(C)[C@@H](N)C(=O)Nc1cccnn1. The minimum Gasteiger partial charge on any atom is -0.319 e. The monoisotopic (exact) mass is 208 g/mol. The van der Waals surface area contributed by atoms with Crippen molar-refractivity contribution in [1.29, 1.82) is 0 Å². The first kappa shape index (κ1) is 11.6. The second-order valence-corrected chi connectivity index (χ2v) is 4.44. The maximum Gasteiger partial charge on any atom is 0.243 e. The fourth-order valence-electron chi connectivity index (χ4n) is 0.965. The Hall–Kier alpha value is -1.49. The molecular formula is C10H16N4O. The van der Waals surface area contributed by atoms with Crippen LogP contribution in [0.25, 0.3) is 0 Å². The Morgan fingerprint density at radius 1 is 1.53 bits per heavy atom. The van der Waals surface area contributed by atoms with Crippen LogP contribution in [0.2, 0.25) is 0 Å². The molecule has 1 heterocycles. The number of hydrogen-bond donors (Lipinski definition) is 2. The second kappa shape index (κ2) is 4.35. The molecule has 0 unspecified atom stereocenters. The molecule has 82 valence electrons. The Labute approximate surface area is 89.1 Å². The van der Waals surface area contributed by atoms with Crippen molar-refractivity contribution in [3.05, 3.63) is 18.3 Å². The van der Waals surface area contributed by atoms with Gasteiger partial charge < -0.3 is 11.1 Å². The number of rotatable bonds is 2. The van der Waals surface area contributed by atoms with Crippen molar-refractivity contribution in [1.82, 2.24) is 10.2 Å². The highest BCUT2D eigenvalue weighted by Gasteiger charge is 2.27. The lowest BCUT2D eigenvalue weighted by atomic mass is 9.87. The Kier molecular flexibility index (Phi) is 3.36. The van der Waals surface area contributed by atoms with E-state index < -0.39 is 6.04 Å². The van der Waals surface area contributed by atoms with Gasteiger partial charge in [-0.1, -0.05) is 20.8 Å². The molecule has 0 aliphatic heterocycles. The molecule has 1 atom stereocenters. The number of aromatic nitrogens is 2. The van der Waals surface area contributed by atoms with Crippen LogP contribution in [0.15, 0.2) is 18.3 Å². The molecule has 0 fully saturated rings. The van der Waals surface area contributed by atoms with Crippen LogP contribution >= 0.6 is 0 Å². The standard InChI is InChI=1S/C10H16N4O/c1-10(2,3)8(11)9(15)13-7-5-4-6-12-14-7/h4-6,8H,11H2,1-3H3,(H,13,14,15)/t8-/m0/s1. The summed E-state index contributed by atoms with van der Waals surface area (Å²) >= 11 is 0. The third-order valence-corrected chi connectivity index (χ3v) is 2.04. The van der Waals surface area contributed by atoms with E-state index in [1.807, 2.05) is 20.8 Å². The van der Waals surface area contributed by atoms with Gasteiger partial charge in [-0.25, -0.2) is 0 Å². The van der Waals surface area contributed by atoms with Crippen molar-refractivity contribution in [2.75, 3.05) is 5.32 Å². The van der Waals surface area contributed by atoms with Crippen molar-refractivity contribution in [2.45, 2.75) is 26.8 Å². The number of carbonyl (C=O) groups excluding carboxylic acids is 1. The lowest BCUT2D eigenvalue weighted by Crippen LogP contribution is -2.45. The van der Waals surface area contributed by atoms with Crippen LogP contribution in [-0.2, 0) is 4.79 Å². The minimum absolute atomic E-state index is 0.247. The van der Waals surface area contributed by atoms with E-state index in [1.54, 1.807) is 18.3 Å². The Bertz CT molecular complexity index is 331. The summed E-state index contributed by atoms with van der Waals surface area (Å²) in [5.41, 5.74) is 5.51. The zero-order valence-electron chi connectivity index (χ0n) is 9.19. The van der Waals surface area contributed by atoms with Crippen molar-refractivity contribution < 1.29 is 4.79 Å². The van der Waals surface area contributed by atoms with Gasteiger partial charge in [0.15, 0.2) is 5.82 Å². The fourth-order valence-corrected chi connectivity index (χ4v) is 0.965. The number of anilines is 1. The highest BCUT2D eigenvalue weighted by atomic mass is 16.2. The quantitative estimate of drug-likeness (QED) is 0.752. The first-order valence-electron chi connectivity index (χ1n) is 4.75. The summed E-state index contributed by atoms with van der Waals surface area (Å²) in [7, 11) is 0.